The van der Waals surface area contributed by atoms with Crippen LogP contribution in [-0.2, 0) is 0 Å². The molecule has 0 saturated heterocycles. The summed E-state index contributed by atoms with van der Waals surface area (Å²) >= 11 is 0. The number of hydrogen-bond acceptors (Lipinski definition) is 4. The van der Waals surface area contributed by atoms with E-state index in [1.54, 1.807) is 0 Å². The van der Waals surface area contributed by atoms with E-state index in [9.17, 15) is 18.9 Å². The number of benzene rings is 1. The van der Waals surface area contributed by atoms with E-state index in [1.165, 1.54) is 18.2 Å². The van der Waals surface area contributed by atoms with E-state index in [0.29, 0.717) is 0 Å². The monoisotopic (exact) mass is 309 g/mol. The van der Waals surface area contributed by atoms with Crippen molar-refractivity contribution in [2.75, 3.05) is 0 Å². The molecule has 1 aromatic heterocycles. The molecule has 22 heavy (non-hydrogen) atoms. The average Bonchev–Trinajstić information content (AvgIpc) is 2.86. The fourth-order valence-electron chi connectivity index (χ4n) is 1.53. The van der Waals surface area contributed by atoms with E-state index in [2.05, 4.69) is 15.6 Å². The molecule has 2 rings (SSSR count). The molecule has 0 spiro atoms. The summed E-state index contributed by atoms with van der Waals surface area (Å²) in [5, 5.41) is 15.4. The SMILES string of the molecule is NC(=N[N+](=O)[O-])NN=Cc1ccc(-c2ccc(F)cc2F)o1. The highest BCUT2D eigenvalue weighted by Crippen LogP contribution is 2.24. The van der Waals surface area contributed by atoms with Gasteiger partial charge in [0.1, 0.15) is 28.3 Å². The van der Waals surface area contributed by atoms with Gasteiger partial charge in [-0.2, -0.15) is 5.10 Å². The third-order valence-electron chi connectivity index (χ3n) is 2.38. The number of nitrogens with zero attached hydrogens (tertiary/aromatic N) is 3. The summed E-state index contributed by atoms with van der Waals surface area (Å²) in [6.07, 6.45) is 1.16. The third kappa shape index (κ3) is 3.85. The molecule has 0 amide bonds. The van der Waals surface area contributed by atoms with Crippen LogP contribution in [0.25, 0.3) is 11.3 Å². The Morgan fingerprint density at radius 3 is 2.82 bits per heavy atom. The maximum Gasteiger partial charge on any atom is 0.286 e. The van der Waals surface area contributed by atoms with Crippen LogP contribution < -0.4 is 11.2 Å². The van der Waals surface area contributed by atoms with E-state index in [0.717, 1.165) is 18.3 Å². The molecule has 0 saturated carbocycles. The molecule has 1 heterocycles. The number of guanidine groups is 1. The van der Waals surface area contributed by atoms with Gasteiger partial charge in [0, 0.05) is 6.07 Å². The zero-order chi connectivity index (χ0) is 16.1. The van der Waals surface area contributed by atoms with E-state index in [-0.39, 0.29) is 17.1 Å². The van der Waals surface area contributed by atoms with Gasteiger partial charge in [-0.1, -0.05) is 0 Å². The van der Waals surface area contributed by atoms with Crippen LogP contribution in [-0.4, -0.2) is 17.2 Å². The van der Waals surface area contributed by atoms with Crippen LogP contribution in [0.15, 0.2) is 45.0 Å². The molecule has 0 bridgehead atoms. The molecule has 0 radical (unpaired) electrons. The fraction of sp³-hybridized carbons (Fsp3) is 0. The Kier molecular flexibility index (Phi) is 4.41. The summed E-state index contributed by atoms with van der Waals surface area (Å²) in [5.41, 5.74) is 7.33. The number of nitrogens with two attached hydrogens (primary N) is 1. The van der Waals surface area contributed by atoms with Crippen LogP contribution in [0.5, 0.6) is 0 Å². The minimum Gasteiger partial charge on any atom is -0.455 e. The zero-order valence-corrected chi connectivity index (χ0v) is 10.9. The highest BCUT2D eigenvalue weighted by Gasteiger charge is 2.10. The van der Waals surface area contributed by atoms with Crippen molar-refractivity contribution in [2.45, 2.75) is 0 Å². The van der Waals surface area contributed by atoms with Gasteiger partial charge >= 0.3 is 0 Å². The number of nitro groups is 1. The lowest BCUT2D eigenvalue weighted by Crippen LogP contribution is -2.28. The Balaban J connectivity index is 2.10. The molecule has 0 aliphatic carbocycles. The Labute approximate surface area is 122 Å². The summed E-state index contributed by atoms with van der Waals surface area (Å²) in [6.45, 7) is 0. The standard InChI is InChI=1S/C12H9F2N5O3/c13-7-1-3-9(10(14)5-7)11-4-2-8(22-11)6-16-17-12(15)18-19(20)21/h1-6H,(H3,15,17,18). The van der Waals surface area contributed by atoms with Crippen LogP contribution in [0.2, 0.25) is 0 Å². The molecular formula is C12H9F2N5O3. The molecule has 3 N–H and O–H groups in total. The lowest BCUT2D eigenvalue weighted by molar-refractivity contribution is -0.485. The van der Waals surface area contributed by atoms with Crippen molar-refractivity contribution >= 4 is 12.2 Å². The van der Waals surface area contributed by atoms with Crippen LogP contribution in [0.3, 0.4) is 0 Å². The number of furan rings is 1. The average molecular weight is 309 g/mol. The maximum absolute atomic E-state index is 13.6. The van der Waals surface area contributed by atoms with Gasteiger partial charge in [-0.15, -0.1) is 0 Å². The van der Waals surface area contributed by atoms with Crippen molar-refractivity contribution in [3.8, 4) is 11.3 Å². The van der Waals surface area contributed by atoms with Crippen molar-refractivity contribution in [3.63, 3.8) is 0 Å². The molecule has 0 fully saturated rings. The first-order valence-corrected chi connectivity index (χ1v) is 5.78. The van der Waals surface area contributed by atoms with E-state index in [4.69, 9.17) is 10.2 Å². The van der Waals surface area contributed by atoms with Gasteiger partial charge in [0.05, 0.1) is 11.8 Å². The van der Waals surface area contributed by atoms with E-state index in [1.807, 2.05) is 0 Å². The Morgan fingerprint density at radius 1 is 1.36 bits per heavy atom. The van der Waals surface area contributed by atoms with Gasteiger partial charge in [-0.3, -0.25) is 0 Å². The number of hydrazone groups is 2. The normalized spacial score (nSPS) is 11.8. The topological polar surface area (TPSA) is 119 Å². The number of hydrogen-bond donors (Lipinski definition) is 2. The Hall–Kier alpha value is -3.30. The molecule has 114 valence electrons. The van der Waals surface area contributed by atoms with Crippen LogP contribution in [0.4, 0.5) is 8.78 Å². The van der Waals surface area contributed by atoms with Gasteiger partial charge in [-0.05, 0) is 24.3 Å². The predicted molar refractivity (Wildman–Crippen MR) is 73.4 cm³/mol. The molecule has 0 atom stereocenters. The molecular weight excluding hydrogens is 300 g/mol. The highest BCUT2D eigenvalue weighted by atomic mass is 19.1. The first-order chi connectivity index (χ1) is 10.5. The minimum atomic E-state index is -0.986. The van der Waals surface area contributed by atoms with Gasteiger partial charge in [-0.25, -0.2) is 24.3 Å². The molecule has 2 aromatic rings. The van der Waals surface area contributed by atoms with Crippen LogP contribution in [0.1, 0.15) is 5.76 Å². The van der Waals surface area contributed by atoms with Gasteiger partial charge in [0.15, 0.2) is 5.03 Å². The van der Waals surface area contributed by atoms with Gasteiger partial charge < -0.3 is 10.2 Å². The highest BCUT2D eigenvalue weighted by molar-refractivity contribution is 5.81. The van der Waals surface area contributed by atoms with E-state index >= 15 is 0 Å². The first kappa shape index (κ1) is 15.1. The quantitative estimate of drug-likeness (QED) is 0.385. The van der Waals surface area contributed by atoms with Gasteiger partial charge in [0.2, 0.25) is 0 Å². The number of nitrogens with one attached hydrogen (secondary N) is 1. The fourth-order valence-corrected chi connectivity index (χ4v) is 1.53. The van der Waals surface area contributed by atoms with Gasteiger partial charge in [0.25, 0.3) is 5.96 Å². The van der Waals surface area contributed by atoms with Crippen LogP contribution in [0, 0.1) is 21.7 Å². The third-order valence-corrected chi connectivity index (χ3v) is 2.38. The van der Waals surface area contributed by atoms with Crippen molar-refractivity contribution in [3.05, 3.63) is 57.8 Å². The summed E-state index contributed by atoms with van der Waals surface area (Å²) in [4.78, 5) is 10.0. The molecule has 8 nitrogen and oxygen atoms in total. The number of rotatable bonds is 4. The second-order valence-electron chi connectivity index (χ2n) is 3.92. The summed E-state index contributed by atoms with van der Waals surface area (Å²) in [6, 6.07) is 6.02. The summed E-state index contributed by atoms with van der Waals surface area (Å²) < 4.78 is 31.7. The lowest BCUT2D eigenvalue weighted by atomic mass is 10.1. The Morgan fingerprint density at radius 2 is 2.14 bits per heavy atom. The molecule has 0 unspecified atom stereocenters. The lowest BCUT2D eigenvalue weighted by Gasteiger charge is -1.99. The number of halogens is 2. The van der Waals surface area contributed by atoms with E-state index < -0.39 is 22.6 Å². The molecule has 10 heteroatoms. The smallest absolute Gasteiger partial charge is 0.286 e. The second kappa shape index (κ2) is 6.43. The summed E-state index contributed by atoms with van der Waals surface area (Å²) in [5.74, 6) is -1.58. The largest absolute Gasteiger partial charge is 0.455 e. The predicted octanol–water partition coefficient (Wildman–Crippen LogP) is 1.65. The Bertz CT molecular complexity index is 757. The molecule has 0 aliphatic heterocycles. The zero-order valence-electron chi connectivity index (χ0n) is 10.9. The second-order valence-corrected chi connectivity index (χ2v) is 3.92. The van der Waals surface area contributed by atoms with Crippen molar-refractivity contribution in [1.29, 1.82) is 0 Å². The van der Waals surface area contributed by atoms with Crippen molar-refractivity contribution in [2.24, 2.45) is 15.9 Å². The maximum atomic E-state index is 13.6. The van der Waals surface area contributed by atoms with Crippen molar-refractivity contribution < 1.29 is 18.2 Å². The first-order valence-electron chi connectivity index (χ1n) is 5.78. The molecule has 1 aromatic carbocycles. The minimum absolute atomic E-state index is 0.0865. The van der Waals surface area contributed by atoms with Crippen LogP contribution >= 0.6 is 0 Å². The van der Waals surface area contributed by atoms with Crippen molar-refractivity contribution in [1.82, 2.24) is 5.43 Å². The molecule has 0 aliphatic rings. The summed E-state index contributed by atoms with van der Waals surface area (Å²) in [7, 11) is 0.